The maximum Gasteiger partial charge on any atom is 0.335 e. The summed E-state index contributed by atoms with van der Waals surface area (Å²) in [6.07, 6.45) is 1.56. The standard InChI is InChI=1S/C18H18N4O2S/c23-18(24)13-5-6-19-16(11-13)22-9-7-21(8-10-22)12-17-20-14-3-1-2-4-15(14)25-17/h1-6,11H,7-10,12H2,(H,23,24). The molecule has 3 heterocycles. The van der Waals surface area contributed by atoms with Gasteiger partial charge in [-0.05, 0) is 24.3 Å². The van der Waals surface area contributed by atoms with Gasteiger partial charge in [-0.25, -0.2) is 14.8 Å². The molecule has 1 aromatic carbocycles. The van der Waals surface area contributed by atoms with Crippen LogP contribution in [-0.4, -0.2) is 52.1 Å². The summed E-state index contributed by atoms with van der Waals surface area (Å²) in [5.74, 6) is -0.183. The van der Waals surface area contributed by atoms with Gasteiger partial charge < -0.3 is 10.0 Å². The van der Waals surface area contributed by atoms with E-state index in [1.165, 1.54) is 10.8 Å². The number of thiazole rings is 1. The first-order chi connectivity index (χ1) is 12.2. The predicted molar refractivity (Wildman–Crippen MR) is 98.3 cm³/mol. The molecule has 7 heteroatoms. The van der Waals surface area contributed by atoms with E-state index in [0.717, 1.165) is 49.1 Å². The molecule has 2 aromatic heterocycles. The first kappa shape index (κ1) is 16.0. The van der Waals surface area contributed by atoms with Crippen LogP contribution in [0.5, 0.6) is 0 Å². The van der Waals surface area contributed by atoms with Crippen molar-refractivity contribution in [2.24, 2.45) is 0 Å². The van der Waals surface area contributed by atoms with Crippen molar-refractivity contribution in [3.05, 3.63) is 53.2 Å². The Morgan fingerprint density at radius 1 is 1.16 bits per heavy atom. The van der Waals surface area contributed by atoms with Crippen LogP contribution in [0.1, 0.15) is 15.4 Å². The number of piperazine rings is 1. The highest BCUT2D eigenvalue weighted by atomic mass is 32.1. The molecule has 0 unspecified atom stereocenters. The number of para-hydroxylation sites is 1. The van der Waals surface area contributed by atoms with Crippen LogP contribution >= 0.6 is 11.3 Å². The molecule has 1 saturated heterocycles. The number of fused-ring (bicyclic) bond motifs is 1. The van der Waals surface area contributed by atoms with Crippen molar-refractivity contribution >= 4 is 33.3 Å². The van der Waals surface area contributed by atoms with Crippen LogP contribution in [0.3, 0.4) is 0 Å². The third kappa shape index (κ3) is 3.47. The number of aromatic nitrogens is 2. The molecule has 0 radical (unpaired) electrons. The fourth-order valence-corrected chi connectivity index (χ4v) is 4.05. The van der Waals surface area contributed by atoms with Crippen molar-refractivity contribution in [2.45, 2.75) is 6.54 Å². The van der Waals surface area contributed by atoms with Gasteiger partial charge in [0.1, 0.15) is 10.8 Å². The van der Waals surface area contributed by atoms with Gasteiger partial charge in [0.15, 0.2) is 0 Å². The Labute approximate surface area is 149 Å². The molecular formula is C18H18N4O2S. The van der Waals surface area contributed by atoms with Gasteiger partial charge in [-0.2, -0.15) is 0 Å². The van der Waals surface area contributed by atoms with Crippen molar-refractivity contribution in [3.8, 4) is 0 Å². The van der Waals surface area contributed by atoms with Gasteiger partial charge in [0.25, 0.3) is 0 Å². The Morgan fingerprint density at radius 3 is 2.72 bits per heavy atom. The number of carboxylic acid groups (broad SMARTS) is 1. The van der Waals surface area contributed by atoms with E-state index in [4.69, 9.17) is 10.1 Å². The minimum Gasteiger partial charge on any atom is -0.478 e. The first-order valence-electron chi connectivity index (χ1n) is 8.20. The molecule has 25 heavy (non-hydrogen) atoms. The average molecular weight is 354 g/mol. The normalized spacial score (nSPS) is 15.6. The van der Waals surface area contributed by atoms with Gasteiger partial charge in [0, 0.05) is 32.4 Å². The molecule has 1 N–H and O–H groups in total. The Bertz CT molecular complexity index is 870. The minimum atomic E-state index is -0.918. The fraction of sp³-hybridized carbons (Fsp3) is 0.278. The van der Waals surface area contributed by atoms with Crippen molar-refractivity contribution < 1.29 is 9.90 Å². The molecule has 1 aliphatic heterocycles. The number of carboxylic acids is 1. The molecule has 0 aliphatic carbocycles. The largest absolute Gasteiger partial charge is 0.478 e. The summed E-state index contributed by atoms with van der Waals surface area (Å²) in [6, 6.07) is 11.4. The van der Waals surface area contributed by atoms with E-state index in [1.54, 1.807) is 23.6 Å². The molecule has 1 fully saturated rings. The molecule has 6 nitrogen and oxygen atoms in total. The highest BCUT2D eigenvalue weighted by Gasteiger charge is 2.20. The summed E-state index contributed by atoms with van der Waals surface area (Å²) in [4.78, 5) is 24.6. The topological polar surface area (TPSA) is 69.6 Å². The van der Waals surface area contributed by atoms with Crippen LogP contribution in [0, 0.1) is 0 Å². The predicted octanol–water partition coefficient (Wildman–Crippen LogP) is 2.71. The summed E-state index contributed by atoms with van der Waals surface area (Å²) in [5, 5.41) is 10.3. The summed E-state index contributed by atoms with van der Waals surface area (Å²) in [6.45, 7) is 4.35. The maximum absolute atomic E-state index is 11.1. The Morgan fingerprint density at radius 2 is 1.96 bits per heavy atom. The Hall–Kier alpha value is -2.51. The lowest BCUT2D eigenvalue weighted by Crippen LogP contribution is -2.46. The zero-order valence-electron chi connectivity index (χ0n) is 13.6. The molecule has 0 amide bonds. The summed E-state index contributed by atoms with van der Waals surface area (Å²) in [5.41, 5.74) is 1.35. The third-order valence-electron chi connectivity index (χ3n) is 4.39. The van der Waals surface area contributed by atoms with Gasteiger partial charge in [-0.15, -0.1) is 11.3 Å². The fourth-order valence-electron chi connectivity index (χ4n) is 3.04. The van der Waals surface area contributed by atoms with Crippen molar-refractivity contribution in [1.29, 1.82) is 0 Å². The number of benzene rings is 1. The quantitative estimate of drug-likeness (QED) is 0.777. The van der Waals surface area contributed by atoms with Crippen LogP contribution in [0.4, 0.5) is 5.82 Å². The smallest absolute Gasteiger partial charge is 0.335 e. The van der Waals surface area contributed by atoms with E-state index < -0.39 is 5.97 Å². The van der Waals surface area contributed by atoms with Crippen LogP contribution in [0.15, 0.2) is 42.6 Å². The van der Waals surface area contributed by atoms with E-state index >= 15 is 0 Å². The molecule has 3 aromatic rings. The van der Waals surface area contributed by atoms with Crippen molar-refractivity contribution in [1.82, 2.24) is 14.9 Å². The monoisotopic (exact) mass is 354 g/mol. The number of anilines is 1. The highest BCUT2D eigenvalue weighted by Crippen LogP contribution is 2.23. The van der Waals surface area contributed by atoms with Crippen LogP contribution in [0.2, 0.25) is 0 Å². The summed E-state index contributed by atoms with van der Waals surface area (Å²) in [7, 11) is 0. The van der Waals surface area contributed by atoms with Gasteiger partial charge in [-0.1, -0.05) is 12.1 Å². The van der Waals surface area contributed by atoms with Gasteiger partial charge in [0.05, 0.1) is 22.3 Å². The first-order valence-corrected chi connectivity index (χ1v) is 9.02. The number of carbonyl (C=O) groups is 1. The lowest BCUT2D eigenvalue weighted by atomic mass is 10.2. The third-order valence-corrected chi connectivity index (χ3v) is 5.41. The van der Waals surface area contributed by atoms with Crippen LogP contribution in [-0.2, 0) is 6.54 Å². The second-order valence-corrected chi connectivity index (χ2v) is 7.16. The lowest BCUT2D eigenvalue weighted by Gasteiger charge is -2.35. The molecule has 4 rings (SSSR count). The molecule has 0 saturated carbocycles. The van der Waals surface area contributed by atoms with E-state index in [-0.39, 0.29) is 5.56 Å². The average Bonchev–Trinajstić information content (AvgIpc) is 3.04. The van der Waals surface area contributed by atoms with E-state index in [1.807, 2.05) is 18.2 Å². The number of hydrogen-bond acceptors (Lipinski definition) is 6. The molecular weight excluding hydrogens is 336 g/mol. The zero-order valence-corrected chi connectivity index (χ0v) is 14.4. The number of nitrogens with zero attached hydrogens (tertiary/aromatic N) is 4. The number of aromatic carboxylic acids is 1. The van der Waals surface area contributed by atoms with Gasteiger partial charge in [-0.3, -0.25) is 4.90 Å². The molecule has 0 atom stereocenters. The van der Waals surface area contributed by atoms with Crippen molar-refractivity contribution in [3.63, 3.8) is 0 Å². The number of hydrogen-bond donors (Lipinski definition) is 1. The summed E-state index contributed by atoms with van der Waals surface area (Å²) < 4.78 is 1.23. The van der Waals surface area contributed by atoms with Crippen LogP contribution < -0.4 is 4.90 Å². The highest BCUT2D eigenvalue weighted by molar-refractivity contribution is 7.18. The van der Waals surface area contributed by atoms with Crippen LogP contribution in [0.25, 0.3) is 10.2 Å². The summed E-state index contributed by atoms with van der Waals surface area (Å²) >= 11 is 1.75. The number of rotatable bonds is 4. The van der Waals surface area contributed by atoms with Gasteiger partial charge >= 0.3 is 5.97 Å². The minimum absolute atomic E-state index is 0.280. The van der Waals surface area contributed by atoms with Gasteiger partial charge in [0.2, 0.25) is 0 Å². The number of pyridine rings is 1. The second kappa shape index (κ2) is 6.78. The molecule has 0 spiro atoms. The maximum atomic E-state index is 11.1. The van der Waals surface area contributed by atoms with E-state index in [0.29, 0.717) is 0 Å². The molecule has 1 aliphatic rings. The van der Waals surface area contributed by atoms with E-state index in [9.17, 15) is 4.79 Å². The molecule has 128 valence electrons. The Kier molecular flexibility index (Phi) is 4.33. The zero-order chi connectivity index (χ0) is 17.2. The van der Waals surface area contributed by atoms with E-state index in [2.05, 4.69) is 20.9 Å². The Balaban J connectivity index is 1.39. The second-order valence-electron chi connectivity index (χ2n) is 6.05. The van der Waals surface area contributed by atoms with Crippen molar-refractivity contribution in [2.75, 3.05) is 31.1 Å². The SMILES string of the molecule is O=C(O)c1ccnc(N2CCN(Cc3nc4ccccc4s3)CC2)c1. The lowest BCUT2D eigenvalue weighted by molar-refractivity contribution is 0.0696. The molecule has 0 bridgehead atoms.